The van der Waals surface area contributed by atoms with E-state index in [4.69, 9.17) is 0 Å². The van der Waals surface area contributed by atoms with Crippen molar-refractivity contribution in [1.29, 1.82) is 0 Å². The normalized spacial score (nSPS) is 29.5. The molecule has 3 heteroatoms. The summed E-state index contributed by atoms with van der Waals surface area (Å²) in [5.74, 6) is 1.16. The fourth-order valence-electron chi connectivity index (χ4n) is 2.68. The van der Waals surface area contributed by atoms with Crippen LogP contribution in [0.4, 0.5) is 5.82 Å². The second-order valence-corrected chi connectivity index (χ2v) is 4.63. The van der Waals surface area contributed by atoms with Crippen molar-refractivity contribution >= 4 is 5.82 Å². The molecule has 0 saturated carbocycles. The lowest BCUT2D eigenvalue weighted by Gasteiger charge is -2.46. The largest absolute Gasteiger partial charge is 0.351 e. The molecule has 0 aliphatic carbocycles. The Bertz CT molecular complexity index is 356. The number of pyridine rings is 1. The van der Waals surface area contributed by atoms with Gasteiger partial charge in [0.15, 0.2) is 0 Å². The molecule has 2 unspecified atom stereocenters. The average molecular weight is 203 g/mol. The SMILES string of the molecule is Cc1cccc(N2CC3CCC2CN3)n1. The van der Waals surface area contributed by atoms with Crippen molar-refractivity contribution in [2.45, 2.75) is 31.8 Å². The van der Waals surface area contributed by atoms with Crippen molar-refractivity contribution < 1.29 is 0 Å². The van der Waals surface area contributed by atoms with Gasteiger partial charge in [-0.2, -0.15) is 0 Å². The molecule has 3 aliphatic heterocycles. The van der Waals surface area contributed by atoms with Gasteiger partial charge in [-0.3, -0.25) is 0 Å². The second-order valence-electron chi connectivity index (χ2n) is 4.63. The molecule has 1 aromatic heterocycles. The van der Waals surface area contributed by atoms with Gasteiger partial charge in [-0.1, -0.05) is 6.07 Å². The van der Waals surface area contributed by atoms with E-state index in [1.807, 2.05) is 0 Å². The van der Waals surface area contributed by atoms with Crippen LogP contribution in [0.3, 0.4) is 0 Å². The van der Waals surface area contributed by atoms with Gasteiger partial charge in [0.2, 0.25) is 0 Å². The Labute approximate surface area is 90.5 Å². The number of hydrogen-bond acceptors (Lipinski definition) is 3. The predicted molar refractivity (Wildman–Crippen MR) is 61.1 cm³/mol. The smallest absolute Gasteiger partial charge is 0.129 e. The molecular formula is C12H17N3. The second kappa shape index (κ2) is 3.49. The predicted octanol–water partition coefficient (Wildman–Crippen LogP) is 1.33. The highest BCUT2D eigenvalue weighted by molar-refractivity contribution is 5.42. The highest BCUT2D eigenvalue weighted by Gasteiger charge is 2.33. The molecule has 1 N–H and O–H groups in total. The number of aryl methyl sites for hydroxylation is 1. The maximum absolute atomic E-state index is 4.61. The van der Waals surface area contributed by atoms with Crippen molar-refractivity contribution in [3.8, 4) is 0 Å². The zero-order valence-electron chi connectivity index (χ0n) is 9.11. The zero-order valence-corrected chi connectivity index (χ0v) is 9.11. The fourth-order valence-corrected chi connectivity index (χ4v) is 2.68. The molecule has 3 nitrogen and oxygen atoms in total. The van der Waals surface area contributed by atoms with Crippen LogP contribution in [0.2, 0.25) is 0 Å². The van der Waals surface area contributed by atoms with Gasteiger partial charge in [0.25, 0.3) is 0 Å². The summed E-state index contributed by atoms with van der Waals surface area (Å²) in [5.41, 5.74) is 1.11. The number of piperidine rings is 2. The van der Waals surface area contributed by atoms with Gasteiger partial charge >= 0.3 is 0 Å². The van der Waals surface area contributed by atoms with E-state index in [2.05, 4.69) is 40.3 Å². The van der Waals surface area contributed by atoms with Gasteiger partial charge in [0.1, 0.15) is 5.82 Å². The van der Waals surface area contributed by atoms with Crippen LogP contribution in [0.1, 0.15) is 18.5 Å². The van der Waals surface area contributed by atoms with Crippen LogP contribution in [-0.2, 0) is 0 Å². The number of hydrogen-bond donors (Lipinski definition) is 1. The first kappa shape index (κ1) is 9.16. The van der Waals surface area contributed by atoms with Crippen LogP contribution in [0.25, 0.3) is 0 Å². The lowest BCUT2D eigenvalue weighted by molar-refractivity contribution is 0.289. The third-order valence-corrected chi connectivity index (χ3v) is 3.52. The summed E-state index contributed by atoms with van der Waals surface area (Å²) in [6.07, 6.45) is 2.64. The highest BCUT2D eigenvalue weighted by atomic mass is 15.3. The third kappa shape index (κ3) is 1.61. The maximum atomic E-state index is 4.61. The minimum atomic E-state index is 0.657. The average Bonchev–Trinajstić information content (AvgIpc) is 2.30. The van der Waals surface area contributed by atoms with E-state index in [-0.39, 0.29) is 0 Å². The van der Waals surface area contributed by atoms with E-state index in [1.165, 1.54) is 12.8 Å². The molecule has 4 rings (SSSR count). The summed E-state index contributed by atoms with van der Waals surface area (Å²) < 4.78 is 0. The Morgan fingerprint density at radius 3 is 2.93 bits per heavy atom. The van der Waals surface area contributed by atoms with Gasteiger partial charge in [0, 0.05) is 30.9 Å². The van der Waals surface area contributed by atoms with Crippen molar-refractivity contribution in [2.24, 2.45) is 0 Å². The van der Waals surface area contributed by atoms with E-state index < -0.39 is 0 Å². The van der Waals surface area contributed by atoms with Gasteiger partial charge in [-0.05, 0) is 31.9 Å². The minimum absolute atomic E-state index is 0.657. The van der Waals surface area contributed by atoms with Gasteiger partial charge in [-0.25, -0.2) is 4.98 Å². The van der Waals surface area contributed by atoms with Gasteiger partial charge in [-0.15, -0.1) is 0 Å². The number of nitrogens with zero attached hydrogens (tertiary/aromatic N) is 2. The van der Waals surface area contributed by atoms with Crippen LogP contribution in [0.15, 0.2) is 18.2 Å². The Hall–Kier alpha value is -1.09. The molecule has 1 aromatic rings. The van der Waals surface area contributed by atoms with E-state index in [0.29, 0.717) is 12.1 Å². The summed E-state index contributed by atoms with van der Waals surface area (Å²) in [5, 5.41) is 3.56. The van der Waals surface area contributed by atoms with Crippen molar-refractivity contribution in [1.82, 2.24) is 10.3 Å². The Morgan fingerprint density at radius 2 is 2.33 bits per heavy atom. The standard InChI is InChI=1S/C12H17N3/c1-9-3-2-4-12(14-9)15-8-10-5-6-11(15)7-13-10/h2-4,10-11,13H,5-8H2,1H3. The monoisotopic (exact) mass is 203 g/mol. The first-order chi connectivity index (χ1) is 7.33. The van der Waals surface area contributed by atoms with Gasteiger partial charge < -0.3 is 10.2 Å². The summed E-state index contributed by atoms with van der Waals surface area (Å²) in [7, 11) is 0. The number of piperazine rings is 1. The first-order valence-corrected chi connectivity index (χ1v) is 5.76. The van der Waals surface area contributed by atoms with Crippen molar-refractivity contribution in [2.75, 3.05) is 18.0 Å². The van der Waals surface area contributed by atoms with Crippen LogP contribution in [-0.4, -0.2) is 30.2 Å². The van der Waals surface area contributed by atoms with Crippen molar-refractivity contribution in [3.05, 3.63) is 23.9 Å². The van der Waals surface area contributed by atoms with E-state index in [1.54, 1.807) is 0 Å². The summed E-state index contributed by atoms with van der Waals surface area (Å²) in [6.45, 7) is 4.31. The van der Waals surface area contributed by atoms with Crippen LogP contribution in [0, 0.1) is 6.92 Å². The maximum Gasteiger partial charge on any atom is 0.129 e. The number of anilines is 1. The van der Waals surface area contributed by atoms with Crippen LogP contribution in [0.5, 0.6) is 0 Å². The fraction of sp³-hybridized carbons (Fsp3) is 0.583. The Balaban J connectivity index is 1.88. The summed E-state index contributed by atoms with van der Waals surface area (Å²) >= 11 is 0. The molecule has 0 aromatic carbocycles. The third-order valence-electron chi connectivity index (χ3n) is 3.52. The lowest BCUT2D eigenvalue weighted by Crippen LogP contribution is -2.61. The molecule has 0 radical (unpaired) electrons. The minimum Gasteiger partial charge on any atom is -0.351 e. The highest BCUT2D eigenvalue weighted by Crippen LogP contribution is 2.26. The molecular weight excluding hydrogens is 186 g/mol. The molecule has 3 saturated heterocycles. The van der Waals surface area contributed by atoms with Crippen molar-refractivity contribution in [3.63, 3.8) is 0 Å². The number of aromatic nitrogens is 1. The van der Waals surface area contributed by atoms with E-state index in [9.17, 15) is 0 Å². The molecule has 3 fully saturated rings. The first-order valence-electron chi connectivity index (χ1n) is 5.76. The van der Waals surface area contributed by atoms with Crippen LogP contribution >= 0.6 is 0 Å². The molecule has 2 bridgehead atoms. The molecule has 3 aliphatic rings. The number of fused-ring (bicyclic) bond motifs is 3. The number of rotatable bonds is 1. The zero-order chi connectivity index (χ0) is 10.3. The quantitative estimate of drug-likeness (QED) is 0.746. The molecule has 0 spiro atoms. The molecule has 80 valence electrons. The Morgan fingerprint density at radius 1 is 1.40 bits per heavy atom. The molecule has 2 atom stereocenters. The van der Waals surface area contributed by atoms with Crippen LogP contribution < -0.4 is 10.2 Å². The van der Waals surface area contributed by atoms with E-state index in [0.717, 1.165) is 24.6 Å². The molecule has 15 heavy (non-hydrogen) atoms. The van der Waals surface area contributed by atoms with E-state index >= 15 is 0 Å². The summed E-state index contributed by atoms with van der Waals surface area (Å²) in [6, 6.07) is 7.63. The summed E-state index contributed by atoms with van der Waals surface area (Å²) in [4.78, 5) is 7.08. The van der Waals surface area contributed by atoms with Gasteiger partial charge in [0.05, 0.1) is 0 Å². The lowest BCUT2D eigenvalue weighted by atomic mass is 9.93. The molecule has 0 amide bonds. The molecule has 4 heterocycles. The topological polar surface area (TPSA) is 28.2 Å². The Kier molecular flexibility index (Phi) is 2.13. The number of nitrogens with one attached hydrogen (secondary N) is 1.